The van der Waals surface area contributed by atoms with Gasteiger partial charge in [0.1, 0.15) is 0 Å². The topological polar surface area (TPSA) is 4.93 Å². The first-order chi connectivity index (χ1) is 17.8. The molecule has 1 aromatic heterocycles. The summed E-state index contributed by atoms with van der Waals surface area (Å²) in [5, 5.41) is 5.15. The zero-order valence-corrected chi connectivity index (χ0v) is 20.1. The summed E-state index contributed by atoms with van der Waals surface area (Å²) in [5.74, 6) is 0. The zero-order chi connectivity index (χ0) is 24.1. The van der Waals surface area contributed by atoms with E-state index in [1.54, 1.807) is 0 Å². The van der Waals surface area contributed by atoms with Crippen molar-refractivity contribution in [1.82, 2.24) is 4.57 Å². The molecule has 0 bridgehead atoms. The Morgan fingerprint density at radius 1 is 0.417 bits per heavy atom. The van der Waals surface area contributed by atoms with E-state index in [4.69, 9.17) is 0 Å². The van der Waals surface area contributed by atoms with E-state index in [1.807, 2.05) is 0 Å². The maximum absolute atomic E-state index is 2.40. The molecule has 0 fully saturated rings. The molecule has 0 atom stereocenters. The Hall–Kier alpha value is -4.62. The first kappa shape index (κ1) is 20.7. The summed E-state index contributed by atoms with van der Waals surface area (Å²) in [5.41, 5.74) is 9.92. The molecule has 0 unspecified atom stereocenters. The molecule has 0 aliphatic heterocycles. The second kappa shape index (κ2) is 8.25. The summed E-state index contributed by atoms with van der Waals surface area (Å²) in [6, 6.07) is 48.3. The van der Waals surface area contributed by atoms with E-state index >= 15 is 0 Å². The SMILES string of the molecule is Cc1ccc(-c2ccc3c4cc(-c5ccccc5)ccc4n(-c4ccccc4)c3c2)c2ccccc12. The van der Waals surface area contributed by atoms with E-state index in [9.17, 15) is 0 Å². The molecule has 7 aromatic rings. The van der Waals surface area contributed by atoms with E-state index in [0.29, 0.717) is 0 Å². The van der Waals surface area contributed by atoms with Crippen LogP contribution in [0.1, 0.15) is 5.56 Å². The van der Waals surface area contributed by atoms with Crippen molar-refractivity contribution in [3.63, 3.8) is 0 Å². The number of para-hydroxylation sites is 1. The first-order valence-electron chi connectivity index (χ1n) is 12.5. The maximum atomic E-state index is 2.40. The minimum absolute atomic E-state index is 1.18. The lowest BCUT2D eigenvalue weighted by Gasteiger charge is -2.11. The number of hydrogen-bond donors (Lipinski definition) is 0. The van der Waals surface area contributed by atoms with E-state index in [2.05, 4.69) is 145 Å². The van der Waals surface area contributed by atoms with Crippen molar-refractivity contribution in [2.75, 3.05) is 0 Å². The monoisotopic (exact) mass is 459 g/mol. The van der Waals surface area contributed by atoms with Gasteiger partial charge in [-0.05, 0) is 75.8 Å². The van der Waals surface area contributed by atoms with Crippen molar-refractivity contribution >= 4 is 32.6 Å². The molecule has 36 heavy (non-hydrogen) atoms. The van der Waals surface area contributed by atoms with Crippen LogP contribution in [0.4, 0.5) is 0 Å². The molecule has 0 spiro atoms. The number of benzene rings is 6. The summed E-state index contributed by atoms with van der Waals surface area (Å²) in [7, 11) is 0. The Balaban J connectivity index is 1.53. The van der Waals surface area contributed by atoms with Crippen LogP contribution in [0.5, 0.6) is 0 Å². The molecule has 6 aromatic carbocycles. The third-order valence-corrected chi connectivity index (χ3v) is 7.34. The van der Waals surface area contributed by atoms with Crippen molar-refractivity contribution in [2.45, 2.75) is 6.92 Å². The number of nitrogens with zero attached hydrogens (tertiary/aromatic N) is 1. The Morgan fingerprint density at radius 3 is 1.92 bits per heavy atom. The summed E-state index contributed by atoms with van der Waals surface area (Å²) in [4.78, 5) is 0. The normalized spacial score (nSPS) is 11.5. The molecular weight excluding hydrogens is 434 g/mol. The fourth-order valence-electron chi connectivity index (χ4n) is 5.56. The Morgan fingerprint density at radius 2 is 1.11 bits per heavy atom. The predicted molar refractivity (Wildman–Crippen MR) is 154 cm³/mol. The molecule has 0 saturated carbocycles. The molecule has 0 aliphatic rings. The van der Waals surface area contributed by atoms with Crippen LogP contribution < -0.4 is 0 Å². The predicted octanol–water partition coefficient (Wildman–Crippen LogP) is 9.58. The van der Waals surface area contributed by atoms with Crippen LogP contribution in [0.25, 0.3) is 60.5 Å². The van der Waals surface area contributed by atoms with Crippen LogP contribution in [0, 0.1) is 6.92 Å². The highest BCUT2D eigenvalue weighted by Gasteiger charge is 2.15. The Bertz CT molecular complexity index is 1880. The van der Waals surface area contributed by atoms with Crippen molar-refractivity contribution in [2.24, 2.45) is 0 Å². The molecule has 1 heterocycles. The van der Waals surface area contributed by atoms with Crippen molar-refractivity contribution < 1.29 is 0 Å². The molecule has 0 saturated heterocycles. The fraction of sp³-hybridized carbons (Fsp3) is 0.0286. The van der Waals surface area contributed by atoms with E-state index in [-0.39, 0.29) is 0 Å². The summed E-state index contributed by atoms with van der Waals surface area (Å²) >= 11 is 0. The highest BCUT2D eigenvalue weighted by Crippen LogP contribution is 2.38. The van der Waals surface area contributed by atoms with Crippen molar-refractivity contribution in [3.05, 3.63) is 139 Å². The highest BCUT2D eigenvalue weighted by atomic mass is 15.0. The molecule has 0 amide bonds. The van der Waals surface area contributed by atoms with Crippen molar-refractivity contribution in [3.8, 4) is 27.9 Å². The van der Waals surface area contributed by atoms with Gasteiger partial charge in [0.05, 0.1) is 11.0 Å². The molecular formula is C35H25N. The minimum atomic E-state index is 1.18. The van der Waals surface area contributed by atoms with Gasteiger partial charge < -0.3 is 4.57 Å². The lowest BCUT2D eigenvalue weighted by Crippen LogP contribution is -1.93. The van der Waals surface area contributed by atoms with Gasteiger partial charge in [0.25, 0.3) is 0 Å². The second-order valence-corrected chi connectivity index (χ2v) is 9.48. The van der Waals surface area contributed by atoms with Crippen LogP contribution in [0.2, 0.25) is 0 Å². The van der Waals surface area contributed by atoms with Gasteiger partial charge in [0, 0.05) is 16.5 Å². The zero-order valence-electron chi connectivity index (χ0n) is 20.1. The van der Waals surface area contributed by atoms with Crippen LogP contribution in [-0.4, -0.2) is 4.57 Å². The molecule has 1 nitrogen and oxygen atoms in total. The van der Waals surface area contributed by atoms with Crippen LogP contribution >= 0.6 is 0 Å². The lowest BCUT2D eigenvalue weighted by atomic mass is 9.95. The maximum Gasteiger partial charge on any atom is 0.0547 e. The van der Waals surface area contributed by atoms with Gasteiger partial charge in [-0.15, -0.1) is 0 Å². The van der Waals surface area contributed by atoms with Gasteiger partial charge in [-0.1, -0.05) is 103 Å². The van der Waals surface area contributed by atoms with E-state index < -0.39 is 0 Å². The summed E-state index contributed by atoms with van der Waals surface area (Å²) in [6.45, 7) is 2.19. The number of aromatic nitrogens is 1. The smallest absolute Gasteiger partial charge is 0.0547 e. The minimum Gasteiger partial charge on any atom is -0.309 e. The number of rotatable bonds is 3. The number of aryl methyl sites for hydroxylation is 1. The summed E-state index contributed by atoms with van der Waals surface area (Å²) < 4.78 is 2.40. The Labute approximate surface area is 210 Å². The van der Waals surface area contributed by atoms with Crippen LogP contribution in [0.15, 0.2) is 133 Å². The van der Waals surface area contributed by atoms with Crippen LogP contribution in [-0.2, 0) is 0 Å². The van der Waals surface area contributed by atoms with Crippen LogP contribution in [0.3, 0.4) is 0 Å². The van der Waals surface area contributed by atoms with E-state index in [0.717, 1.165) is 0 Å². The second-order valence-electron chi connectivity index (χ2n) is 9.48. The quantitative estimate of drug-likeness (QED) is 0.248. The third kappa shape index (κ3) is 3.25. The fourth-order valence-corrected chi connectivity index (χ4v) is 5.56. The third-order valence-electron chi connectivity index (χ3n) is 7.34. The Kier molecular flexibility index (Phi) is 4.75. The van der Waals surface area contributed by atoms with Gasteiger partial charge in [0.2, 0.25) is 0 Å². The van der Waals surface area contributed by atoms with Gasteiger partial charge in [-0.25, -0.2) is 0 Å². The van der Waals surface area contributed by atoms with Gasteiger partial charge in [0.15, 0.2) is 0 Å². The van der Waals surface area contributed by atoms with Gasteiger partial charge >= 0.3 is 0 Å². The molecule has 7 rings (SSSR count). The number of hydrogen-bond acceptors (Lipinski definition) is 0. The summed E-state index contributed by atoms with van der Waals surface area (Å²) in [6.07, 6.45) is 0. The average Bonchev–Trinajstić information content (AvgIpc) is 3.27. The lowest BCUT2D eigenvalue weighted by molar-refractivity contribution is 1.18. The van der Waals surface area contributed by atoms with Crippen molar-refractivity contribution in [1.29, 1.82) is 0 Å². The van der Waals surface area contributed by atoms with Gasteiger partial charge in [-0.2, -0.15) is 0 Å². The molecule has 0 radical (unpaired) electrons. The average molecular weight is 460 g/mol. The standard InChI is InChI=1S/C35H25N/c1-24-16-19-30(31-15-9-8-14-29(24)31)27-17-20-32-33-22-26(25-10-4-2-5-11-25)18-21-34(33)36(35(32)23-27)28-12-6-3-7-13-28/h2-23H,1H3. The molecule has 1 heteroatoms. The highest BCUT2D eigenvalue weighted by molar-refractivity contribution is 6.12. The molecule has 0 N–H and O–H groups in total. The number of fused-ring (bicyclic) bond motifs is 4. The molecule has 170 valence electrons. The molecule has 0 aliphatic carbocycles. The van der Waals surface area contributed by atoms with Gasteiger partial charge in [-0.3, -0.25) is 0 Å². The van der Waals surface area contributed by atoms with E-state index in [1.165, 1.54) is 66.1 Å². The largest absolute Gasteiger partial charge is 0.309 e. The first-order valence-corrected chi connectivity index (χ1v) is 12.5.